The number of methoxy groups -OCH3 is 1. The van der Waals surface area contributed by atoms with Crippen molar-refractivity contribution in [3.63, 3.8) is 0 Å². The first-order chi connectivity index (χ1) is 13.2. The van der Waals surface area contributed by atoms with E-state index < -0.39 is 15.9 Å². The third kappa shape index (κ3) is 6.31. The summed E-state index contributed by atoms with van der Waals surface area (Å²) in [6, 6.07) is 13.2. The molecule has 0 bridgehead atoms. The van der Waals surface area contributed by atoms with Crippen molar-refractivity contribution in [3.8, 4) is 0 Å². The van der Waals surface area contributed by atoms with E-state index in [1.165, 1.54) is 31.4 Å². The van der Waals surface area contributed by atoms with Gasteiger partial charge < -0.3 is 10.1 Å². The van der Waals surface area contributed by atoms with Crippen molar-refractivity contribution < 1.29 is 17.9 Å². The van der Waals surface area contributed by atoms with Crippen LogP contribution in [0.25, 0.3) is 0 Å². The Morgan fingerprint density at radius 2 is 1.75 bits per heavy atom. The van der Waals surface area contributed by atoms with Gasteiger partial charge in [0, 0.05) is 24.7 Å². The van der Waals surface area contributed by atoms with E-state index in [-0.39, 0.29) is 24.0 Å². The second kappa shape index (κ2) is 10.0. The Morgan fingerprint density at radius 1 is 1.14 bits per heavy atom. The minimum Gasteiger partial charge on any atom is -0.383 e. The van der Waals surface area contributed by atoms with Crippen molar-refractivity contribution in [1.29, 1.82) is 0 Å². The number of carbonyl (C=O) groups is 1. The monoisotopic (exact) mass is 424 g/mol. The number of halogens is 1. The number of amides is 1. The lowest BCUT2D eigenvalue weighted by Gasteiger charge is -2.23. The SMILES string of the molecule is COC[C@H](C)NC(=O)CN(Cc1ccc(C)cc1)S(=O)(=O)c1ccc(Cl)cc1. The summed E-state index contributed by atoms with van der Waals surface area (Å²) in [5.74, 6) is -0.394. The molecule has 0 radical (unpaired) electrons. The van der Waals surface area contributed by atoms with Crippen LogP contribution >= 0.6 is 11.6 Å². The molecule has 1 atom stereocenters. The van der Waals surface area contributed by atoms with Crippen molar-refractivity contribution in [2.24, 2.45) is 0 Å². The van der Waals surface area contributed by atoms with Gasteiger partial charge in [-0.3, -0.25) is 4.79 Å². The van der Waals surface area contributed by atoms with Gasteiger partial charge in [0.2, 0.25) is 15.9 Å². The Hall–Kier alpha value is -1.93. The highest BCUT2D eigenvalue weighted by atomic mass is 35.5. The highest BCUT2D eigenvalue weighted by Crippen LogP contribution is 2.20. The maximum absolute atomic E-state index is 13.1. The lowest BCUT2D eigenvalue weighted by atomic mass is 10.1. The second-order valence-corrected chi connectivity index (χ2v) is 9.01. The molecule has 28 heavy (non-hydrogen) atoms. The fraction of sp³-hybridized carbons (Fsp3) is 0.350. The standard InChI is InChI=1S/C20H25ClN2O4S/c1-15-4-6-17(7-5-15)12-23(13-20(24)22-16(2)14-27-3)28(25,26)19-10-8-18(21)9-11-19/h4-11,16H,12-14H2,1-3H3,(H,22,24)/t16-/m0/s1. The molecule has 1 amide bonds. The van der Waals surface area contributed by atoms with E-state index >= 15 is 0 Å². The first kappa shape index (κ1) is 22.4. The Bertz CT molecular complexity index is 883. The van der Waals surface area contributed by atoms with E-state index in [0.717, 1.165) is 15.4 Å². The lowest BCUT2D eigenvalue weighted by molar-refractivity contribution is -0.122. The quantitative estimate of drug-likeness (QED) is 0.671. The van der Waals surface area contributed by atoms with Gasteiger partial charge in [-0.05, 0) is 43.7 Å². The number of benzene rings is 2. The van der Waals surface area contributed by atoms with E-state index in [1.807, 2.05) is 31.2 Å². The zero-order valence-corrected chi connectivity index (χ0v) is 17.8. The Balaban J connectivity index is 2.27. The number of hydrogen-bond donors (Lipinski definition) is 1. The van der Waals surface area contributed by atoms with Gasteiger partial charge in [0.05, 0.1) is 18.0 Å². The molecule has 0 saturated carbocycles. The smallest absolute Gasteiger partial charge is 0.243 e. The summed E-state index contributed by atoms with van der Waals surface area (Å²) in [7, 11) is -2.35. The van der Waals surface area contributed by atoms with Crippen LogP contribution in [0.2, 0.25) is 5.02 Å². The van der Waals surface area contributed by atoms with Gasteiger partial charge in [-0.25, -0.2) is 8.42 Å². The van der Waals surface area contributed by atoms with E-state index in [2.05, 4.69) is 5.32 Å². The van der Waals surface area contributed by atoms with Gasteiger partial charge in [-0.2, -0.15) is 4.31 Å². The van der Waals surface area contributed by atoms with Gasteiger partial charge in [0.25, 0.3) is 0 Å². The van der Waals surface area contributed by atoms with Gasteiger partial charge >= 0.3 is 0 Å². The zero-order valence-electron chi connectivity index (χ0n) is 16.2. The first-order valence-electron chi connectivity index (χ1n) is 8.82. The summed E-state index contributed by atoms with van der Waals surface area (Å²) in [4.78, 5) is 12.5. The fourth-order valence-corrected chi connectivity index (χ4v) is 4.16. The molecular weight excluding hydrogens is 400 g/mol. The third-order valence-electron chi connectivity index (χ3n) is 4.07. The van der Waals surface area contributed by atoms with Crippen molar-refractivity contribution in [2.75, 3.05) is 20.3 Å². The van der Waals surface area contributed by atoms with Gasteiger partial charge in [0.1, 0.15) is 0 Å². The summed E-state index contributed by atoms with van der Waals surface area (Å²) in [6.07, 6.45) is 0. The molecule has 0 aromatic heterocycles. The zero-order chi connectivity index (χ0) is 20.7. The Morgan fingerprint density at radius 3 is 2.32 bits per heavy atom. The van der Waals surface area contributed by atoms with Crippen LogP contribution in [-0.4, -0.2) is 44.9 Å². The van der Waals surface area contributed by atoms with Crippen LogP contribution in [0.15, 0.2) is 53.4 Å². The molecule has 0 aliphatic rings. The lowest BCUT2D eigenvalue weighted by Crippen LogP contribution is -2.44. The molecule has 0 aliphatic carbocycles. The number of carbonyl (C=O) groups excluding carboxylic acids is 1. The number of rotatable bonds is 9. The number of ether oxygens (including phenoxy) is 1. The molecule has 0 heterocycles. The molecule has 0 saturated heterocycles. The van der Waals surface area contributed by atoms with Gasteiger partial charge in [-0.1, -0.05) is 41.4 Å². The molecule has 2 aromatic carbocycles. The molecule has 0 aliphatic heterocycles. The van der Waals surface area contributed by atoms with E-state index in [0.29, 0.717) is 11.6 Å². The molecule has 0 spiro atoms. The predicted molar refractivity (Wildman–Crippen MR) is 110 cm³/mol. The molecule has 152 valence electrons. The summed E-state index contributed by atoms with van der Waals surface area (Å²) < 4.78 is 32.4. The summed E-state index contributed by atoms with van der Waals surface area (Å²) in [5.41, 5.74) is 1.86. The minimum atomic E-state index is -3.89. The number of hydrogen-bond acceptors (Lipinski definition) is 4. The maximum Gasteiger partial charge on any atom is 0.243 e. The molecule has 1 N–H and O–H groups in total. The van der Waals surface area contributed by atoms with E-state index in [1.54, 1.807) is 6.92 Å². The normalized spacial score (nSPS) is 12.8. The van der Waals surface area contributed by atoms with Crippen LogP contribution in [-0.2, 0) is 26.1 Å². The molecule has 8 heteroatoms. The van der Waals surface area contributed by atoms with Crippen LogP contribution in [0.3, 0.4) is 0 Å². The second-order valence-electron chi connectivity index (χ2n) is 6.64. The molecular formula is C20H25ClN2O4S. The van der Waals surface area contributed by atoms with Crippen LogP contribution in [0, 0.1) is 6.92 Å². The molecule has 0 unspecified atom stereocenters. The van der Waals surface area contributed by atoms with Crippen LogP contribution in [0.1, 0.15) is 18.1 Å². The van der Waals surface area contributed by atoms with Crippen molar-refractivity contribution in [1.82, 2.24) is 9.62 Å². The topological polar surface area (TPSA) is 75.7 Å². The summed E-state index contributed by atoms with van der Waals surface area (Å²) in [5, 5.41) is 3.19. The van der Waals surface area contributed by atoms with Gasteiger partial charge in [-0.15, -0.1) is 0 Å². The Labute approximate surface area is 171 Å². The highest BCUT2D eigenvalue weighted by molar-refractivity contribution is 7.89. The van der Waals surface area contributed by atoms with Crippen molar-refractivity contribution >= 4 is 27.5 Å². The minimum absolute atomic E-state index is 0.0807. The van der Waals surface area contributed by atoms with Crippen molar-refractivity contribution in [2.45, 2.75) is 31.3 Å². The summed E-state index contributed by atoms with van der Waals surface area (Å²) in [6.45, 7) is 3.87. The first-order valence-corrected chi connectivity index (χ1v) is 10.6. The largest absolute Gasteiger partial charge is 0.383 e. The number of aryl methyl sites for hydroxylation is 1. The summed E-state index contributed by atoms with van der Waals surface area (Å²) >= 11 is 5.87. The van der Waals surface area contributed by atoms with Crippen LogP contribution in [0.5, 0.6) is 0 Å². The van der Waals surface area contributed by atoms with E-state index in [9.17, 15) is 13.2 Å². The predicted octanol–water partition coefficient (Wildman–Crippen LogP) is 2.99. The number of sulfonamides is 1. The molecule has 2 aromatic rings. The molecule has 0 fully saturated rings. The van der Waals surface area contributed by atoms with E-state index in [4.69, 9.17) is 16.3 Å². The van der Waals surface area contributed by atoms with Crippen LogP contribution < -0.4 is 5.32 Å². The third-order valence-corrected chi connectivity index (χ3v) is 6.13. The average molecular weight is 425 g/mol. The number of nitrogens with zero attached hydrogens (tertiary/aromatic N) is 1. The van der Waals surface area contributed by atoms with Crippen molar-refractivity contribution in [3.05, 3.63) is 64.7 Å². The number of nitrogens with one attached hydrogen (secondary N) is 1. The molecule has 2 rings (SSSR count). The van der Waals surface area contributed by atoms with Crippen LogP contribution in [0.4, 0.5) is 0 Å². The fourth-order valence-electron chi connectivity index (χ4n) is 2.65. The Kier molecular flexibility index (Phi) is 8.00. The highest BCUT2D eigenvalue weighted by Gasteiger charge is 2.27. The maximum atomic E-state index is 13.1. The average Bonchev–Trinajstić information content (AvgIpc) is 2.63. The molecule has 6 nitrogen and oxygen atoms in total. The van der Waals surface area contributed by atoms with Gasteiger partial charge in [0.15, 0.2) is 0 Å².